The number of piperidine rings is 1. The maximum absolute atomic E-state index is 13.5. The van der Waals surface area contributed by atoms with Gasteiger partial charge >= 0.3 is 15.5 Å². The number of carbonyl (C=O) groups is 2. The van der Waals surface area contributed by atoms with Gasteiger partial charge in [0.15, 0.2) is 0 Å². The summed E-state index contributed by atoms with van der Waals surface area (Å²) in [6.07, 6.45) is 5.24. The van der Waals surface area contributed by atoms with Crippen LogP contribution in [-0.2, 0) is 19.6 Å². The zero-order valence-electron chi connectivity index (χ0n) is 20.3. The number of fused-ring (bicyclic) bond motifs is 1. The van der Waals surface area contributed by atoms with Crippen LogP contribution in [0.1, 0.15) is 31.4 Å². The minimum Gasteiger partial charge on any atom is -0.346 e. The van der Waals surface area contributed by atoms with Gasteiger partial charge in [0.1, 0.15) is 0 Å². The SMILES string of the molecule is C#CCNC(=O)CNC(=O)CN(C1CCN([C@H](C)c2cccc3ccccc23)CC1)S(=O)(=O)C(F)(F)F. The smallest absolute Gasteiger partial charge is 0.346 e. The Kier molecular flexibility index (Phi) is 9.17. The van der Waals surface area contributed by atoms with Gasteiger partial charge in [-0.3, -0.25) is 14.5 Å². The normalized spacial score (nSPS) is 16.3. The number of terminal acetylenes is 1. The number of nitrogens with one attached hydrogen (secondary N) is 2. The third kappa shape index (κ3) is 6.80. The van der Waals surface area contributed by atoms with E-state index < -0.39 is 46.5 Å². The van der Waals surface area contributed by atoms with Gasteiger partial charge in [0.25, 0.3) is 0 Å². The molecule has 0 bridgehead atoms. The molecule has 37 heavy (non-hydrogen) atoms. The maximum atomic E-state index is 13.5. The first-order chi connectivity index (χ1) is 17.5. The molecule has 1 atom stereocenters. The summed E-state index contributed by atoms with van der Waals surface area (Å²) in [6.45, 7) is 1.02. The van der Waals surface area contributed by atoms with E-state index in [1.807, 2.05) is 49.4 Å². The van der Waals surface area contributed by atoms with Gasteiger partial charge in [0.2, 0.25) is 11.8 Å². The average molecular weight is 539 g/mol. The van der Waals surface area contributed by atoms with Crippen LogP contribution in [0.25, 0.3) is 10.8 Å². The fraction of sp³-hybridized carbons (Fsp3) is 0.440. The van der Waals surface area contributed by atoms with Crippen LogP contribution in [0.4, 0.5) is 13.2 Å². The molecule has 0 saturated carbocycles. The van der Waals surface area contributed by atoms with Crippen LogP contribution >= 0.6 is 0 Å². The van der Waals surface area contributed by atoms with E-state index in [-0.39, 0.29) is 29.7 Å². The summed E-state index contributed by atoms with van der Waals surface area (Å²) in [7, 11) is -5.78. The minimum atomic E-state index is -5.78. The summed E-state index contributed by atoms with van der Waals surface area (Å²) in [5, 5.41) is 6.58. The molecule has 8 nitrogen and oxygen atoms in total. The number of benzene rings is 2. The predicted octanol–water partition coefficient (Wildman–Crippen LogP) is 2.38. The van der Waals surface area contributed by atoms with Crippen LogP contribution in [-0.4, -0.2) is 73.7 Å². The third-order valence-electron chi connectivity index (χ3n) is 6.46. The van der Waals surface area contributed by atoms with Gasteiger partial charge in [-0.25, -0.2) is 8.42 Å². The number of alkyl halides is 3. The van der Waals surface area contributed by atoms with E-state index in [0.29, 0.717) is 13.1 Å². The monoisotopic (exact) mass is 538 g/mol. The van der Waals surface area contributed by atoms with Crippen LogP contribution in [0.5, 0.6) is 0 Å². The molecule has 200 valence electrons. The number of sulfonamides is 1. The molecule has 2 aromatic carbocycles. The summed E-state index contributed by atoms with van der Waals surface area (Å²) in [5.41, 5.74) is -4.50. The fourth-order valence-electron chi connectivity index (χ4n) is 4.50. The molecule has 0 spiro atoms. The first kappa shape index (κ1) is 28.4. The van der Waals surface area contributed by atoms with Crippen molar-refractivity contribution >= 4 is 32.6 Å². The highest BCUT2D eigenvalue weighted by molar-refractivity contribution is 7.90. The lowest BCUT2D eigenvalue weighted by atomic mass is 9.96. The van der Waals surface area contributed by atoms with E-state index >= 15 is 0 Å². The summed E-state index contributed by atoms with van der Waals surface area (Å²) in [6, 6.07) is 12.8. The Bertz CT molecular complexity index is 1260. The molecule has 2 N–H and O–H groups in total. The molecular weight excluding hydrogens is 509 g/mol. The van der Waals surface area contributed by atoms with Crippen molar-refractivity contribution in [2.45, 2.75) is 37.4 Å². The second kappa shape index (κ2) is 11.9. The number of hydrogen-bond donors (Lipinski definition) is 2. The Labute approximate surface area is 214 Å². The molecule has 0 unspecified atom stereocenters. The molecule has 0 aromatic heterocycles. The fourth-order valence-corrected chi connectivity index (χ4v) is 5.66. The van der Waals surface area contributed by atoms with Crippen molar-refractivity contribution in [1.82, 2.24) is 19.8 Å². The van der Waals surface area contributed by atoms with Crippen LogP contribution in [0.3, 0.4) is 0 Å². The number of halogens is 3. The second-order valence-electron chi connectivity index (χ2n) is 8.77. The van der Waals surface area contributed by atoms with Crippen molar-refractivity contribution in [2.75, 3.05) is 32.7 Å². The minimum absolute atomic E-state index is 0.0513. The molecule has 3 rings (SSSR count). The van der Waals surface area contributed by atoms with E-state index in [9.17, 15) is 31.2 Å². The number of nitrogens with zero attached hydrogens (tertiary/aromatic N) is 2. The van der Waals surface area contributed by atoms with Gasteiger partial charge in [-0.05, 0) is 36.1 Å². The number of hydrogen-bond acceptors (Lipinski definition) is 5. The molecule has 0 aliphatic carbocycles. The second-order valence-corrected chi connectivity index (χ2v) is 10.6. The lowest BCUT2D eigenvalue weighted by Crippen LogP contribution is -2.54. The van der Waals surface area contributed by atoms with Gasteiger partial charge in [-0.2, -0.15) is 17.5 Å². The maximum Gasteiger partial charge on any atom is 0.511 e. The Morgan fingerprint density at radius 1 is 1.11 bits per heavy atom. The Morgan fingerprint density at radius 3 is 2.41 bits per heavy atom. The number of carbonyl (C=O) groups excluding carboxylic acids is 2. The highest BCUT2D eigenvalue weighted by atomic mass is 32.2. The number of likely N-dealkylation sites (tertiary alicyclic amines) is 1. The molecule has 1 aliphatic heterocycles. The summed E-state index contributed by atoms with van der Waals surface area (Å²) < 4.78 is 65.3. The van der Waals surface area contributed by atoms with Crippen LogP contribution < -0.4 is 10.6 Å². The predicted molar refractivity (Wildman–Crippen MR) is 133 cm³/mol. The lowest BCUT2D eigenvalue weighted by Gasteiger charge is -2.40. The van der Waals surface area contributed by atoms with Gasteiger partial charge in [-0.15, -0.1) is 6.42 Å². The van der Waals surface area contributed by atoms with E-state index in [2.05, 4.69) is 21.5 Å². The van der Waals surface area contributed by atoms with Crippen molar-refractivity contribution in [3.8, 4) is 12.3 Å². The Hall–Kier alpha value is -3.14. The van der Waals surface area contributed by atoms with Gasteiger partial charge < -0.3 is 10.6 Å². The molecule has 1 saturated heterocycles. The Balaban J connectivity index is 1.71. The summed E-state index contributed by atoms with van der Waals surface area (Å²) >= 11 is 0. The zero-order valence-corrected chi connectivity index (χ0v) is 21.1. The van der Waals surface area contributed by atoms with Gasteiger partial charge in [0.05, 0.1) is 19.6 Å². The molecule has 0 radical (unpaired) electrons. The third-order valence-corrected chi connectivity index (χ3v) is 8.09. The van der Waals surface area contributed by atoms with Gasteiger partial charge in [0, 0.05) is 25.2 Å². The summed E-state index contributed by atoms with van der Waals surface area (Å²) in [4.78, 5) is 26.0. The molecule has 12 heteroatoms. The van der Waals surface area contributed by atoms with E-state index in [1.165, 1.54) is 0 Å². The highest BCUT2D eigenvalue weighted by Gasteiger charge is 2.52. The molecule has 2 amide bonds. The zero-order chi connectivity index (χ0) is 27.2. The van der Waals surface area contributed by atoms with Crippen molar-refractivity contribution in [3.05, 3.63) is 48.0 Å². The van der Waals surface area contributed by atoms with E-state index in [0.717, 1.165) is 16.3 Å². The number of amides is 2. The molecule has 1 aliphatic rings. The van der Waals surface area contributed by atoms with Crippen molar-refractivity contribution in [2.24, 2.45) is 0 Å². The Morgan fingerprint density at radius 2 is 1.76 bits per heavy atom. The first-order valence-corrected chi connectivity index (χ1v) is 13.2. The van der Waals surface area contributed by atoms with E-state index in [4.69, 9.17) is 6.42 Å². The van der Waals surface area contributed by atoms with Gasteiger partial charge in [-0.1, -0.05) is 48.4 Å². The van der Waals surface area contributed by atoms with Crippen LogP contribution in [0.15, 0.2) is 42.5 Å². The summed E-state index contributed by atoms with van der Waals surface area (Å²) in [5.74, 6) is 0.503. The lowest BCUT2D eigenvalue weighted by molar-refractivity contribution is -0.126. The highest BCUT2D eigenvalue weighted by Crippen LogP contribution is 2.34. The van der Waals surface area contributed by atoms with Crippen LogP contribution in [0.2, 0.25) is 0 Å². The van der Waals surface area contributed by atoms with Crippen molar-refractivity contribution < 1.29 is 31.2 Å². The van der Waals surface area contributed by atoms with Crippen molar-refractivity contribution in [1.29, 1.82) is 0 Å². The first-order valence-electron chi connectivity index (χ1n) is 11.7. The van der Waals surface area contributed by atoms with E-state index in [1.54, 1.807) is 0 Å². The molecule has 2 aromatic rings. The molecule has 1 heterocycles. The largest absolute Gasteiger partial charge is 0.511 e. The molecule has 1 fully saturated rings. The average Bonchev–Trinajstić information content (AvgIpc) is 2.88. The van der Waals surface area contributed by atoms with Crippen molar-refractivity contribution in [3.63, 3.8) is 0 Å². The standard InChI is InChI=1S/C25H29F3N4O4S/c1-3-13-29-23(33)16-30-24(34)17-32(37(35,36)25(26,27)28)20-11-14-31(15-12-20)18(2)21-10-6-8-19-7-4-5-9-22(19)21/h1,4-10,18,20H,11-17H2,2H3,(H,29,33)(H,30,34)/t18-/m1/s1. The van der Waals surface area contributed by atoms with Crippen LogP contribution in [0, 0.1) is 12.3 Å². The topological polar surface area (TPSA) is 98.8 Å². The molecular formula is C25H29F3N4O4S. The number of rotatable bonds is 9. The quantitative estimate of drug-likeness (QED) is 0.478.